The van der Waals surface area contributed by atoms with Gasteiger partial charge >= 0.3 is 0 Å². The first-order chi connectivity index (χ1) is 13.7. The molecule has 4 rings (SSSR count). The van der Waals surface area contributed by atoms with Crippen molar-refractivity contribution in [2.45, 2.75) is 25.5 Å². The Bertz CT molecular complexity index is 932. The number of halogens is 1. The summed E-state index contributed by atoms with van der Waals surface area (Å²) in [5.41, 5.74) is 3.19. The molecule has 3 aromatic rings. The highest BCUT2D eigenvalue weighted by Gasteiger charge is 2.21. The molecule has 1 saturated heterocycles. The lowest BCUT2D eigenvalue weighted by Crippen LogP contribution is -2.31. The lowest BCUT2D eigenvalue weighted by molar-refractivity contribution is 0.0858. The minimum absolute atomic E-state index is 0.0993. The van der Waals surface area contributed by atoms with Gasteiger partial charge in [0.2, 0.25) is 0 Å². The normalized spacial score (nSPS) is 16.2. The lowest BCUT2D eigenvalue weighted by atomic mass is 10.1. The number of hydrogen-bond acceptors (Lipinski definition) is 3. The molecule has 1 atom stereocenters. The summed E-state index contributed by atoms with van der Waals surface area (Å²) in [6.07, 6.45) is 3.94. The SMILES string of the molecule is O=C(NC[C@H]1CCCO1)c1cn(Cc2ccccc2)nc1-c1ccc(Cl)cc1. The second kappa shape index (κ2) is 8.59. The number of benzene rings is 2. The number of nitrogens with zero attached hydrogens (tertiary/aromatic N) is 2. The highest BCUT2D eigenvalue weighted by Crippen LogP contribution is 2.24. The lowest BCUT2D eigenvalue weighted by Gasteiger charge is -2.10. The van der Waals surface area contributed by atoms with Gasteiger partial charge in [-0.15, -0.1) is 0 Å². The summed E-state index contributed by atoms with van der Waals surface area (Å²) >= 11 is 6.02. The van der Waals surface area contributed by atoms with Crippen molar-refractivity contribution in [3.05, 3.63) is 76.9 Å². The first-order valence-corrected chi connectivity index (χ1v) is 9.84. The van der Waals surface area contributed by atoms with Gasteiger partial charge in [0.15, 0.2) is 0 Å². The fourth-order valence-electron chi connectivity index (χ4n) is 3.37. The quantitative estimate of drug-likeness (QED) is 0.681. The molecule has 28 heavy (non-hydrogen) atoms. The third-order valence-electron chi connectivity index (χ3n) is 4.83. The van der Waals surface area contributed by atoms with Gasteiger partial charge in [0, 0.05) is 29.9 Å². The summed E-state index contributed by atoms with van der Waals surface area (Å²) in [6.45, 7) is 1.88. The minimum Gasteiger partial charge on any atom is -0.376 e. The molecule has 0 unspecified atom stereocenters. The van der Waals surface area contributed by atoms with E-state index in [0.717, 1.165) is 30.6 Å². The van der Waals surface area contributed by atoms with Crippen LogP contribution >= 0.6 is 11.6 Å². The molecular weight excluding hydrogens is 374 g/mol. The second-order valence-corrected chi connectivity index (χ2v) is 7.36. The van der Waals surface area contributed by atoms with E-state index < -0.39 is 0 Å². The van der Waals surface area contributed by atoms with E-state index in [2.05, 4.69) is 10.4 Å². The molecule has 6 heteroatoms. The van der Waals surface area contributed by atoms with Gasteiger partial charge in [-0.25, -0.2) is 0 Å². The Morgan fingerprint density at radius 1 is 1.18 bits per heavy atom. The Morgan fingerprint density at radius 2 is 1.96 bits per heavy atom. The molecule has 1 aromatic heterocycles. The van der Waals surface area contributed by atoms with Crippen LogP contribution in [-0.4, -0.2) is 34.9 Å². The molecule has 2 aromatic carbocycles. The number of amides is 1. The van der Waals surface area contributed by atoms with E-state index in [4.69, 9.17) is 16.3 Å². The number of carbonyl (C=O) groups excluding carboxylic acids is 1. The maximum atomic E-state index is 12.9. The van der Waals surface area contributed by atoms with Crippen LogP contribution in [0.2, 0.25) is 5.02 Å². The van der Waals surface area contributed by atoms with Gasteiger partial charge in [-0.05, 0) is 30.5 Å². The van der Waals surface area contributed by atoms with Crippen LogP contribution in [0.5, 0.6) is 0 Å². The van der Waals surface area contributed by atoms with Gasteiger partial charge in [0.25, 0.3) is 5.91 Å². The maximum Gasteiger partial charge on any atom is 0.255 e. The van der Waals surface area contributed by atoms with Gasteiger partial charge in [-0.1, -0.05) is 54.1 Å². The predicted octanol–water partition coefficient (Wildman–Crippen LogP) is 4.16. The largest absolute Gasteiger partial charge is 0.376 e. The Hall–Kier alpha value is -2.63. The average molecular weight is 396 g/mol. The van der Waals surface area contributed by atoms with Crippen LogP contribution in [0.4, 0.5) is 0 Å². The second-order valence-electron chi connectivity index (χ2n) is 6.93. The van der Waals surface area contributed by atoms with Crippen LogP contribution in [-0.2, 0) is 11.3 Å². The Morgan fingerprint density at radius 3 is 2.68 bits per heavy atom. The molecule has 0 spiro atoms. The average Bonchev–Trinajstić information content (AvgIpc) is 3.38. The molecule has 0 radical (unpaired) electrons. The van der Waals surface area contributed by atoms with E-state index in [1.807, 2.05) is 48.7 Å². The molecule has 0 saturated carbocycles. The summed E-state index contributed by atoms with van der Waals surface area (Å²) < 4.78 is 7.41. The molecule has 1 aliphatic heterocycles. The van der Waals surface area contributed by atoms with Crippen LogP contribution < -0.4 is 5.32 Å². The summed E-state index contributed by atoms with van der Waals surface area (Å²) in [5.74, 6) is -0.139. The standard InChI is InChI=1S/C22H22ClN3O2/c23-18-10-8-17(9-11-18)21-20(22(27)24-13-19-7-4-12-28-19)15-26(25-21)14-16-5-2-1-3-6-16/h1-3,5-6,8-11,15,19H,4,7,12-14H2,(H,24,27)/t19-/m1/s1. The first kappa shape index (κ1) is 18.7. The molecular formula is C22H22ClN3O2. The fraction of sp³-hybridized carbons (Fsp3) is 0.273. The highest BCUT2D eigenvalue weighted by atomic mass is 35.5. The van der Waals surface area contributed by atoms with Crippen molar-refractivity contribution in [3.8, 4) is 11.3 Å². The zero-order chi connectivity index (χ0) is 19.3. The maximum absolute atomic E-state index is 12.9. The van der Waals surface area contributed by atoms with Gasteiger partial charge in [-0.3, -0.25) is 9.48 Å². The van der Waals surface area contributed by atoms with Crippen LogP contribution in [0, 0.1) is 0 Å². The van der Waals surface area contributed by atoms with Crippen molar-refractivity contribution in [2.24, 2.45) is 0 Å². The molecule has 1 fully saturated rings. The Kier molecular flexibility index (Phi) is 5.74. The van der Waals surface area contributed by atoms with Crippen molar-refractivity contribution >= 4 is 17.5 Å². The van der Waals surface area contributed by atoms with E-state index >= 15 is 0 Å². The molecule has 1 aliphatic rings. The minimum atomic E-state index is -0.139. The van der Waals surface area contributed by atoms with Crippen LogP contribution in [0.1, 0.15) is 28.8 Å². The molecule has 0 aliphatic carbocycles. The molecule has 2 heterocycles. The molecule has 0 bridgehead atoms. The number of hydrogen-bond donors (Lipinski definition) is 1. The number of ether oxygens (including phenoxy) is 1. The third kappa shape index (κ3) is 4.43. The summed E-state index contributed by atoms with van der Waals surface area (Å²) in [7, 11) is 0. The van der Waals surface area contributed by atoms with Crippen LogP contribution in [0.3, 0.4) is 0 Å². The predicted molar refractivity (Wildman–Crippen MR) is 110 cm³/mol. The smallest absolute Gasteiger partial charge is 0.255 e. The van der Waals surface area contributed by atoms with Crippen molar-refractivity contribution in [2.75, 3.05) is 13.2 Å². The zero-order valence-electron chi connectivity index (χ0n) is 15.5. The molecule has 1 amide bonds. The monoisotopic (exact) mass is 395 g/mol. The van der Waals surface area contributed by atoms with E-state index in [9.17, 15) is 4.79 Å². The van der Waals surface area contributed by atoms with Crippen molar-refractivity contribution < 1.29 is 9.53 Å². The molecule has 5 nitrogen and oxygen atoms in total. The van der Waals surface area contributed by atoms with Gasteiger partial charge in [-0.2, -0.15) is 5.10 Å². The summed E-state index contributed by atoms with van der Waals surface area (Å²) in [6, 6.07) is 17.4. The van der Waals surface area contributed by atoms with E-state index in [1.165, 1.54) is 0 Å². The number of rotatable bonds is 6. The van der Waals surface area contributed by atoms with E-state index in [-0.39, 0.29) is 12.0 Å². The fourth-order valence-corrected chi connectivity index (χ4v) is 3.49. The van der Waals surface area contributed by atoms with Crippen LogP contribution in [0.25, 0.3) is 11.3 Å². The molecule has 144 valence electrons. The number of carbonyl (C=O) groups is 1. The van der Waals surface area contributed by atoms with E-state index in [0.29, 0.717) is 29.4 Å². The van der Waals surface area contributed by atoms with Gasteiger partial charge in [0.05, 0.1) is 18.2 Å². The van der Waals surface area contributed by atoms with Crippen molar-refractivity contribution in [1.82, 2.24) is 15.1 Å². The topological polar surface area (TPSA) is 56.1 Å². The Balaban J connectivity index is 1.60. The van der Waals surface area contributed by atoms with Crippen molar-refractivity contribution in [3.63, 3.8) is 0 Å². The third-order valence-corrected chi connectivity index (χ3v) is 5.08. The van der Waals surface area contributed by atoms with Crippen LogP contribution in [0.15, 0.2) is 60.8 Å². The summed E-state index contributed by atoms with van der Waals surface area (Å²) in [4.78, 5) is 12.9. The highest BCUT2D eigenvalue weighted by molar-refractivity contribution is 6.30. The molecule has 1 N–H and O–H groups in total. The van der Waals surface area contributed by atoms with Gasteiger partial charge in [0.1, 0.15) is 5.69 Å². The Labute approximate surface area is 169 Å². The summed E-state index contributed by atoms with van der Waals surface area (Å²) in [5, 5.41) is 8.33. The van der Waals surface area contributed by atoms with Gasteiger partial charge < -0.3 is 10.1 Å². The number of nitrogens with one attached hydrogen (secondary N) is 1. The van der Waals surface area contributed by atoms with Crippen molar-refractivity contribution in [1.29, 1.82) is 0 Å². The zero-order valence-corrected chi connectivity index (χ0v) is 16.2. The number of aromatic nitrogens is 2. The van der Waals surface area contributed by atoms with E-state index in [1.54, 1.807) is 16.8 Å². The first-order valence-electron chi connectivity index (χ1n) is 9.46.